The lowest BCUT2D eigenvalue weighted by molar-refractivity contribution is -0.132. The molecule has 0 bridgehead atoms. The van der Waals surface area contributed by atoms with Gasteiger partial charge in [-0.3, -0.25) is 4.79 Å². The summed E-state index contributed by atoms with van der Waals surface area (Å²) in [6, 6.07) is 6.11. The van der Waals surface area contributed by atoms with Crippen LogP contribution in [-0.4, -0.2) is 62.9 Å². The van der Waals surface area contributed by atoms with E-state index < -0.39 is 0 Å². The van der Waals surface area contributed by atoms with Crippen LogP contribution in [-0.2, 0) is 9.53 Å². The monoisotopic (exact) mass is 360 g/mol. The fraction of sp³-hybridized carbons (Fsp3) is 0.684. The van der Waals surface area contributed by atoms with Crippen LogP contribution < -0.4 is 20.3 Å². The van der Waals surface area contributed by atoms with Crippen molar-refractivity contribution >= 4 is 11.7 Å². The summed E-state index contributed by atoms with van der Waals surface area (Å²) in [5, 5.41) is 6.65. The van der Waals surface area contributed by atoms with Crippen LogP contribution in [0.5, 0.6) is 5.88 Å². The van der Waals surface area contributed by atoms with Crippen molar-refractivity contribution in [2.24, 2.45) is 11.3 Å². The number of carbonyl (C=O) groups is 1. The van der Waals surface area contributed by atoms with Crippen LogP contribution in [0.3, 0.4) is 0 Å². The lowest BCUT2D eigenvalue weighted by atomic mass is 9.80. The van der Waals surface area contributed by atoms with Crippen molar-refractivity contribution in [1.82, 2.24) is 15.6 Å². The molecule has 0 saturated carbocycles. The van der Waals surface area contributed by atoms with Gasteiger partial charge in [0.05, 0.1) is 25.2 Å². The number of hydrogen-bond acceptors (Lipinski definition) is 6. The van der Waals surface area contributed by atoms with Gasteiger partial charge in [-0.2, -0.15) is 4.98 Å². The van der Waals surface area contributed by atoms with Crippen LogP contribution in [0.15, 0.2) is 18.2 Å². The highest BCUT2D eigenvalue weighted by molar-refractivity contribution is 5.84. The Bertz CT molecular complexity index is 635. The Hall–Kier alpha value is -1.86. The fourth-order valence-corrected chi connectivity index (χ4v) is 4.30. The van der Waals surface area contributed by atoms with Gasteiger partial charge in [0.15, 0.2) is 0 Å². The molecule has 1 aromatic heterocycles. The first-order valence-corrected chi connectivity index (χ1v) is 9.65. The van der Waals surface area contributed by atoms with Crippen LogP contribution in [0.4, 0.5) is 5.82 Å². The van der Waals surface area contributed by atoms with Gasteiger partial charge in [-0.05, 0) is 25.8 Å². The van der Waals surface area contributed by atoms with E-state index in [1.807, 2.05) is 25.1 Å². The van der Waals surface area contributed by atoms with E-state index in [0.29, 0.717) is 31.6 Å². The van der Waals surface area contributed by atoms with Gasteiger partial charge >= 0.3 is 0 Å². The first kappa shape index (κ1) is 17.5. The summed E-state index contributed by atoms with van der Waals surface area (Å²) in [5.41, 5.74) is -0.357. The third kappa shape index (κ3) is 3.25. The molecule has 1 aromatic rings. The molecule has 7 nitrogen and oxygen atoms in total. The highest BCUT2D eigenvalue weighted by Crippen LogP contribution is 2.38. The zero-order valence-corrected chi connectivity index (χ0v) is 15.4. The van der Waals surface area contributed by atoms with Gasteiger partial charge in [0.2, 0.25) is 11.8 Å². The number of nitrogens with zero attached hydrogens (tertiary/aromatic N) is 2. The molecule has 26 heavy (non-hydrogen) atoms. The third-order valence-corrected chi connectivity index (χ3v) is 5.90. The Morgan fingerprint density at radius 1 is 1.46 bits per heavy atom. The van der Waals surface area contributed by atoms with E-state index in [1.54, 1.807) is 0 Å². The Kier molecular flexibility index (Phi) is 5.00. The zero-order chi connectivity index (χ0) is 18.0. The summed E-state index contributed by atoms with van der Waals surface area (Å²) in [4.78, 5) is 19.7. The number of ether oxygens (including phenoxy) is 2. The van der Waals surface area contributed by atoms with Crippen molar-refractivity contribution in [3.63, 3.8) is 0 Å². The molecule has 2 atom stereocenters. The van der Waals surface area contributed by atoms with E-state index in [-0.39, 0.29) is 17.4 Å². The van der Waals surface area contributed by atoms with Crippen molar-refractivity contribution in [2.45, 2.75) is 25.8 Å². The van der Waals surface area contributed by atoms with Gasteiger partial charge in [0.25, 0.3) is 0 Å². The summed E-state index contributed by atoms with van der Waals surface area (Å²) >= 11 is 0. The average molecular weight is 360 g/mol. The molecule has 0 radical (unpaired) electrons. The Labute approximate surface area is 154 Å². The van der Waals surface area contributed by atoms with Crippen molar-refractivity contribution in [3.05, 3.63) is 18.2 Å². The topological polar surface area (TPSA) is 75.7 Å². The first-order valence-electron chi connectivity index (χ1n) is 9.65. The van der Waals surface area contributed by atoms with Crippen LogP contribution in [0.1, 0.15) is 19.8 Å². The lowest BCUT2D eigenvalue weighted by Gasteiger charge is -2.35. The first-order chi connectivity index (χ1) is 12.7. The Balaban J connectivity index is 1.32. The minimum absolute atomic E-state index is 0.167. The number of nitrogens with one attached hydrogen (secondary N) is 2. The molecule has 1 amide bonds. The molecule has 0 spiro atoms. The van der Waals surface area contributed by atoms with Gasteiger partial charge in [-0.1, -0.05) is 6.07 Å². The molecule has 4 heterocycles. The second-order valence-corrected chi connectivity index (χ2v) is 7.50. The number of pyridine rings is 1. The maximum Gasteiger partial charge on any atom is 0.230 e. The van der Waals surface area contributed by atoms with Crippen LogP contribution in [0.25, 0.3) is 0 Å². The predicted octanol–water partition coefficient (Wildman–Crippen LogP) is 0.801. The standard InChI is InChI=1S/C19H28N4O3/c1-2-26-17-5-3-4-16(22-17)23-8-6-15(7-9-23)21-18(24)19-12-20-10-14(19)11-25-13-19/h3-5,14-15,20H,2,6-13H2,1H3,(H,21,24)/t14-,19-/m0/s1. The van der Waals surface area contributed by atoms with E-state index in [2.05, 4.69) is 20.5 Å². The number of hydrogen-bond donors (Lipinski definition) is 2. The van der Waals surface area contributed by atoms with E-state index >= 15 is 0 Å². The van der Waals surface area contributed by atoms with Gasteiger partial charge in [0.1, 0.15) is 5.82 Å². The molecule has 4 rings (SSSR count). The number of rotatable bonds is 5. The van der Waals surface area contributed by atoms with Gasteiger partial charge in [-0.25, -0.2) is 0 Å². The number of fused-ring (bicyclic) bond motifs is 1. The molecule has 0 aromatic carbocycles. The largest absolute Gasteiger partial charge is 0.478 e. The predicted molar refractivity (Wildman–Crippen MR) is 98.4 cm³/mol. The smallest absolute Gasteiger partial charge is 0.230 e. The van der Waals surface area contributed by atoms with Crippen molar-refractivity contribution < 1.29 is 14.3 Å². The number of carbonyl (C=O) groups excluding carboxylic acids is 1. The van der Waals surface area contributed by atoms with Crippen LogP contribution in [0.2, 0.25) is 0 Å². The molecule has 2 N–H and O–H groups in total. The highest BCUT2D eigenvalue weighted by atomic mass is 16.5. The number of piperidine rings is 1. The van der Waals surface area contributed by atoms with Crippen molar-refractivity contribution in [1.29, 1.82) is 0 Å². The van der Waals surface area contributed by atoms with Crippen LogP contribution in [0, 0.1) is 11.3 Å². The lowest BCUT2D eigenvalue weighted by Crippen LogP contribution is -2.52. The molecule has 3 aliphatic rings. The molecule has 3 aliphatic heterocycles. The molecule has 3 fully saturated rings. The van der Waals surface area contributed by atoms with Crippen molar-refractivity contribution in [2.75, 3.05) is 50.9 Å². The normalized spacial score (nSPS) is 28.8. The minimum atomic E-state index is -0.357. The van der Waals surface area contributed by atoms with E-state index in [0.717, 1.165) is 44.8 Å². The zero-order valence-electron chi connectivity index (χ0n) is 15.4. The van der Waals surface area contributed by atoms with Crippen molar-refractivity contribution in [3.8, 4) is 5.88 Å². The van der Waals surface area contributed by atoms with E-state index in [4.69, 9.17) is 9.47 Å². The second kappa shape index (κ2) is 7.40. The summed E-state index contributed by atoms with van der Waals surface area (Å²) in [7, 11) is 0. The van der Waals surface area contributed by atoms with Gasteiger partial charge in [-0.15, -0.1) is 0 Å². The molecule has 0 unspecified atom stereocenters. The SMILES string of the molecule is CCOc1cccc(N2CCC(NC(=O)[C@]34CNC[C@H]3COC4)CC2)n1. The molecule has 3 saturated heterocycles. The highest BCUT2D eigenvalue weighted by Gasteiger charge is 2.53. The molecule has 142 valence electrons. The van der Waals surface area contributed by atoms with E-state index in [1.165, 1.54) is 0 Å². The number of anilines is 1. The molecule has 0 aliphatic carbocycles. The Morgan fingerprint density at radius 3 is 3.12 bits per heavy atom. The third-order valence-electron chi connectivity index (χ3n) is 5.90. The van der Waals surface area contributed by atoms with E-state index in [9.17, 15) is 4.79 Å². The average Bonchev–Trinajstić information content (AvgIpc) is 3.24. The summed E-state index contributed by atoms with van der Waals surface area (Å²) in [6.45, 7) is 7.21. The number of aromatic nitrogens is 1. The maximum atomic E-state index is 12.9. The molecule has 7 heteroatoms. The van der Waals surface area contributed by atoms with Gasteiger partial charge in [0, 0.05) is 44.2 Å². The summed E-state index contributed by atoms with van der Waals surface area (Å²) < 4.78 is 11.1. The minimum Gasteiger partial charge on any atom is -0.478 e. The maximum absolute atomic E-state index is 12.9. The second-order valence-electron chi connectivity index (χ2n) is 7.50. The van der Waals surface area contributed by atoms with Gasteiger partial charge < -0.3 is 25.0 Å². The fourth-order valence-electron chi connectivity index (χ4n) is 4.30. The number of amides is 1. The molecular formula is C19H28N4O3. The Morgan fingerprint density at radius 2 is 2.31 bits per heavy atom. The van der Waals surface area contributed by atoms with Crippen LogP contribution >= 0.6 is 0 Å². The molecular weight excluding hydrogens is 332 g/mol. The summed E-state index contributed by atoms with van der Waals surface area (Å²) in [6.07, 6.45) is 1.86. The summed E-state index contributed by atoms with van der Waals surface area (Å²) in [5.74, 6) is 2.09. The quantitative estimate of drug-likeness (QED) is 0.809.